The van der Waals surface area contributed by atoms with Gasteiger partial charge in [0.15, 0.2) is 0 Å². The number of aromatic nitrogens is 5. The fourth-order valence-corrected chi connectivity index (χ4v) is 7.58. The summed E-state index contributed by atoms with van der Waals surface area (Å²) in [4.78, 5) is 73.9. The zero-order valence-corrected chi connectivity index (χ0v) is 32.3. The fourth-order valence-electron chi connectivity index (χ4n) is 7.58. The molecule has 6 rings (SSSR count). The van der Waals surface area contributed by atoms with E-state index in [1.165, 1.54) is 19.2 Å². The summed E-state index contributed by atoms with van der Waals surface area (Å²) in [5, 5.41) is 4.06. The predicted octanol–water partition coefficient (Wildman–Crippen LogP) is 6.35. The molecule has 1 aliphatic carbocycles. The molecule has 3 aromatic heterocycles. The molecule has 4 heterocycles. The van der Waals surface area contributed by atoms with Gasteiger partial charge in [0.2, 0.25) is 11.8 Å². The van der Waals surface area contributed by atoms with E-state index in [1.807, 2.05) is 70.3 Å². The van der Waals surface area contributed by atoms with E-state index < -0.39 is 18.2 Å². The van der Waals surface area contributed by atoms with Crippen LogP contribution in [0.1, 0.15) is 89.8 Å². The van der Waals surface area contributed by atoms with Crippen LogP contribution in [-0.4, -0.2) is 91.7 Å². The standard InChI is InChI=1S/C40H51N9O6/c1-23(2)34(46-39(52)54-5)38(51)48-19-9-12-33(48)36-43-21-31(45-36)26-15-13-25(14-16-26)30-18-17-27(20-41-30)32-22-42-35(44-32)28-10-7-8-11-29(28)37(50)49(24(3)4)47-40(53)55-6/h13-18,20-24,28-29,33-34H,7-12,19H2,1-6H3,(H,42,44)(H,43,45)(H,46,52)(H,47,53)/t28-,29+,33-,34-/m0/s1. The van der Waals surface area contributed by atoms with Gasteiger partial charge < -0.3 is 29.7 Å². The number of nitrogens with zero attached hydrogens (tertiary/aromatic N) is 5. The van der Waals surface area contributed by atoms with Gasteiger partial charge >= 0.3 is 12.2 Å². The largest absolute Gasteiger partial charge is 0.453 e. The summed E-state index contributed by atoms with van der Waals surface area (Å²) in [6.45, 7) is 8.08. The van der Waals surface area contributed by atoms with Crippen molar-refractivity contribution >= 4 is 24.0 Å². The molecule has 292 valence electrons. The van der Waals surface area contributed by atoms with Crippen molar-refractivity contribution in [1.82, 2.24) is 45.6 Å². The number of aromatic amines is 2. The number of alkyl carbamates (subject to hydrolysis) is 1. The van der Waals surface area contributed by atoms with Crippen LogP contribution in [0.2, 0.25) is 0 Å². The summed E-state index contributed by atoms with van der Waals surface area (Å²) >= 11 is 0. The molecule has 0 bridgehead atoms. The second-order valence-corrected chi connectivity index (χ2v) is 14.8. The van der Waals surface area contributed by atoms with Crippen LogP contribution in [-0.2, 0) is 19.1 Å². The molecule has 2 fully saturated rings. The predicted molar refractivity (Wildman–Crippen MR) is 205 cm³/mol. The number of rotatable bonds is 10. The molecule has 1 saturated heterocycles. The minimum atomic E-state index is -0.693. The zero-order valence-electron chi connectivity index (χ0n) is 32.3. The first-order chi connectivity index (χ1) is 26.5. The van der Waals surface area contributed by atoms with Crippen LogP contribution in [0.5, 0.6) is 0 Å². The highest BCUT2D eigenvalue weighted by Gasteiger charge is 2.39. The average molecular weight is 754 g/mol. The van der Waals surface area contributed by atoms with Crippen LogP contribution in [0.3, 0.4) is 0 Å². The van der Waals surface area contributed by atoms with Crippen molar-refractivity contribution in [2.24, 2.45) is 11.8 Å². The second-order valence-electron chi connectivity index (χ2n) is 14.8. The van der Waals surface area contributed by atoms with Crippen molar-refractivity contribution in [2.45, 2.75) is 90.3 Å². The molecule has 1 aliphatic heterocycles. The van der Waals surface area contributed by atoms with Crippen LogP contribution in [0, 0.1) is 11.8 Å². The van der Waals surface area contributed by atoms with Crippen LogP contribution in [0.4, 0.5) is 9.59 Å². The van der Waals surface area contributed by atoms with Crippen molar-refractivity contribution in [3.05, 3.63) is 66.6 Å². The van der Waals surface area contributed by atoms with Crippen LogP contribution >= 0.6 is 0 Å². The minimum absolute atomic E-state index is 0.109. The number of imidazole rings is 2. The third-order valence-corrected chi connectivity index (χ3v) is 10.6. The first-order valence-electron chi connectivity index (χ1n) is 19.0. The Morgan fingerprint density at radius 3 is 2.05 bits per heavy atom. The van der Waals surface area contributed by atoms with E-state index in [4.69, 9.17) is 19.4 Å². The SMILES string of the molecule is COC(=O)N[C@H](C(=O)N1CCC[C@H]1c1ncc(-c2ccc(-c3ccc(-c4cnc([C@H]5CCCC[C@H]5C(=O)N(NC(=O)OC)C(C)C)[nH]4)cn3)cc2)[nH]1)C(C)C. The Morgan fingerprint density at radius 1 is 0.764 bits per heavy atom. The average Bonchev–Trinajstić information content (AvgIpc) is 4.00. The summed E-state index contributed by atoms with van der Waals surface area (Å²) in [5.41, 5.74) is 7.81. The number of likely N-dealkylation sites (tertiary alicyclic amines) is 1. The Morgan fingerprint density at radius 2 is 1.40 bits per heavy atom. The van der Waals surface area contributed by atoms with Gasteiger partial charge in [0.05, 0.1) is 49.7 Å². The summed E-state index contributed by atoms with van der Waals surface area (Å²) < 4.78 is 9.50. The molecule has 0 radical (unpaired) electrons. The number of benzene rings is 1. The second kappa shape index (κ2) is 17.2. The highest BCUT2D eigenvalue weighted by atomic mass is 16.5. The van der Waals surface area contributed by atoms with E-state index in [0.717, 1.165) is 71.7 Å². The van der Waals surface area contributed by atoms with Crippen molar-refractivity contribution in [3.8, 4) is 33.8 Å². The van der Waals surface area contributed by atoms with Gasteiger partial charge in [-0.2, -0.15) is 0 Å². The number of amides is 4. The van der Waals surface area contributed by atoms with Gasteiger partial charge in [0, 0.05) is 41.7 Å². The van der Waals surface area contributed by atoms with Crippen molar-refractivity contribution in [3.63, 3.8) is 0 Å². The van der Waals surface area contributed by atoms with Crippen molar-refractivity contribution < 1.29 is 28.7 Å². The molecule has 1 aromatic carbocycles. The Balaban J connectivity index is 1.11. The molecule has 0 unspecified atom stereocenters. The highest BCUT2D eigenvalue weighted by molar-refractivity contribution is 5.86. The third kappa shape index (κ3) is 8.66. The lowest BCUT2D eigenvalue weighted by molar-refractivity contribution is -0.142. The van der Waals surface area contributed by atoms with Gasteiger partial charge in [-0.1, -0.05) is 51.0 Å². The zero-order chi connectivity index (χ0) is 39.2. The maximum Gasteiger partial charge on any atom is 0.425 e. The quantitative estimate of drug-likeness (QED) is 0.134. The topological polar surface area (TPSA) is 188 Å². The molecular formula is C40H51N9O6. The van der Waals surface area contributed by atoms with Gasteiger partial charge in [-0.25, -0.2) is 30.0 Å². The number of ether oxygens (including phenoxy) is 2. The van der Waals surface area contributed by atoms with Gasteiger partial charge in [-0.3, -0.25) is 14.6 Å². The summed E-state index contributed by atoms with van der Waals surface area (Å²) in [7, 11) is 2.56. The monoisotopic (exact) mass is 753 g/mol. The number of hydrogen-bond donors (Lipinski definition) is 4. The van der Waals surface area contributed by atoms with E-state index >= 15 is 0 Å². The van der Waals surface area contributed by atoms with E-state index in [-0.39, 0.29) is 41.7 Å². The number of carbonyl (C=O) groups excluding carboxylic acids is 4. The molecular weight excluding hydrogens is 702 g/mol. The molecule has 55 heavy (non-hydrogen) atoms. The highest BCUT2D eigenvalue weighted by Crippen LogP contribution is 2.39. The minimum Gasteiger partial charge on any atom is -0.453 e. The van der Waals surface area contributed by atoms with Gasteiger partial charge in [0.1, 0.15) is 17.7 Å². The first-order valence-corrected chi connectivity index (χ1v) is 19.0. The lowest BCUT2D eigenvalue weighted by atomic mass is 9.78. The number of methoxy groups -OCH3 is 2. The first kappa shape index (κ1) is 39.0. The number of hydrazine groups is 1. The van der Waals surface area contributed by atoms with Gasteiger partial charge in [-0.05, 0) is 63.1 Å². The number of pyridine rings is 1. The van der Waals surface area contributed by atoms with E-state index in [2.05, 4.69) is 25.7 Å². The van der Waals surface area contributed by atoms with Crippen LogP contribution in [0.25, 0.3) is 33.8 Å². The number of hydrogen-bond acceptors (Lipinski definition) is 9. The summed E-state index contributed by atoms with van der Waals surface area (Å²) in [6.07, 6.45) is 9.13. The molecule has 0 spiro atoms. The lowest BCUT2D eigenvalue weighted by Crippen LogP contribution is -2.53. The fraction of sp³-hybridized carbons (Fsp3) is 0.475. The van der Waals surface area contributed by atoms with Crippen molar-refractivity contribution in [2.75, 3.05) is 20.8 Å². The van der Waals surface area contributed by atoms with Crippen molar-refractivity contribution in [1.29, 1.82) is 0 Å². The lowest BCUT2D eigenvalue weighted by Gasteiger charge is -2.35. The van der Waals surface area contributed by atoms with E-state index in [0.29, 0.717) is 18.8 Å². The molecule has 15 nitrogen and oxygen atoms in total. The Labute approximate surface area is 321 Å². The van der Waals surface area contributed by atoms with E-state index in [1.54, 1.807) is 17.3 Å². The molecule has 4 aromatic rings. The maximum atomic E-state index is 13.7. The van der Waals surface area contributed by atoms with E-state index in [9.17, 15) is 19.2 Å². The Kier molecular flexibility index (Phi) is 12.2. The molecule has 15 heteroatoms. The molecule has 1 saturated carbocycles. The molecule has 2 aliphatic rings. The molecule has 4 N–H and O–H groups in total. The number of nitrogens with one attached hydrogen (secondary N) is 4. The molecule has 4 atom stereocenters. The Hall–Kier alpha value is -5.73. The van der Waals surface area contributed by atoms with Gasteiger partial charge in [0.25, 0.3) is 0 Å². The number of carbonyl (C=O) groups is 4. The molecule has 4 amide bonds. The normalized spacial score (nSPS) is 18.9. The van der Waals surface area contributed by atoms with Crippen LogP contribution < -0.4 is 10.7 Å². The Bertz CT molecular complexity index is 1960. The van der Waals surface area contributed by atoms with Gasteiger partial charge in [-0.15, -0.1) is 0 Å². The summed E-state index contributed by atoms with van der Waals surface area (Å²) in [6, 6.07) is 10.9. The summed E-state index contributed by atoms with van der Waals surface area (Å²) in [5.74, 6) is 0.617. The maximum absolute atomic E-state index is 13.7. The van der Waals surface area contributed by atoms with Crippen LogP contribution in [0.15, 0.2) is 55.0 Å². The third-order valence-electron chi connectivity index (χ3n) is 10.6. The number of H-pyrrole nitrogens is 2. The smallest absolute Gasteiger partial charge is 0.425 e.